The highest BCUT2D eigenvalue weighted by atomic mass is 35.5. The quantitative estimate of drug-likeness (QED) is 0.449. The number of carbonyl (C=O) groups excluding carboxylic acids is 1. The van der Waals surface area contributed by atoms with Gasteiger partial charge in [-0.2, -0.15) is 0 Å². The Bertz CT molecular complexity index is 1060. The maximum atomic E-state index is 13.2. The van der Waals surface area contributed by atoms with Crippen LogP contribution in [0, 0.1) is 11.8 Å². The summed E-state index contributed by atoms with van der Waals surface area (Å²) in [5.74, 6) is 1.22. The van der Waals surface area contributed by atoms with Gasteiger partial charge in [0.05, 0.1) is 11.9 Å². The number of hydrogen-bond donors (Lipinski definition) is 1. The average Bonchev–Trinajstić information content (AvgIpc) is 2.83. The lowest BCUT2D eigenvalue weighted by Crippen LogP contribution is -2.41. The van der Waals surface area contributed by atoms with Crippen LogP contribution in [0.15, 0.2) is 60.8 Å². The summed E-state index contributed by atoms with van der Waals surface area (Å²) >= 11 is 6.31. The van der Waals surface area contributed by atoms with Crippen LogP contribution < -0.4 is 5.32 Å². The van der Waals surface area contributed by atoms with Crippen molar-refractivity contribution in [2.45, 2.75) is 51.6 Å². The number of nitrogens with one attached hydrogen (secondary N) is 1. The molecule has 1 aliphatic rings. The van der Waals surface area contributed by atoms with Crippen molar-refractivity contribution < 1.29 is 4.79 Å². The molecule has 0 unspecified atom stereocenters. The minimum atomic E-state index is -0.190. The van der Waals surface area contributed by atoms with E-state index in [1.54, 1.807) is 0 Å². The number of aromatic nitrogens is 1. The van der Waals surface area contributed by atoms with Crippen molar-refractivity contribution >= 4 is 28.4 Å². The highest BCUT2D eigenvalue weighted by Crippen LogP contribution is 2.39. The summed E-state index contributed by atoms with van der Waals surface area (Å²) in [6, 6.07) is 17.5. The molecule has 1 N–H and O–H groups in total. The molecule has 5 heteroatoms. The lowest BCUT2D eigenvalue weighted by Gasteiger charge is -2.50. The molecule has 4 atom stereocenters. The molecule has 0 radical (unpaired) electrons. The summed E-state index contributed by atoms with van der Waals surface area (Å²) in [5, 5.41) is 10.1. The predicted octanol–water partition coefficient (Wildman–Crippen LogP) is 6.49. The van der Waals surface area contributed by atoms with Crippen molar-refractivity contribution in [3.8, 4) is 0 Å². The van der Waals surface area contributed by atoms with Gasteiger partial charge in [-0.05, 0) is 35.2 Å². The summed E-state index contributed by atoms with van der Waals surface area (Å²) in [4.78, 5) is 17.7. The van der Waals surface area contributed by atoms with Gasteiger partial charge in [-0.3, -0.25) is 9.78 Å². The molecule has 3 aromatic rings. The molecule has 0 aliphatic carbocycles. The first kappa shape index (κ1) is 22.8. The molecule has 1 saturated heterocycles. The van der Waals surface area contributed by atoms with Gasteiger partial charge >= 0.3 is 0 Å². The second-order valence-corrected chi connectivity index (χ2v) is 9.14. The van der Waals surface area contributed by atoms with Gasteiger partial charge in [0.15, 0.2) is 0 Å². The van der Waals surface area contributed by atoms with Crippen LogP contribution in [0.2, 0.25) is 5.02 Å². The molecule has 0 spiro atoms. The SMILES string of the molecule is CC[C@H]1C[N-][C@@H]([C@H](NC(=O)Cc2ccccc2Cl)c2ccnc3ccccc23)C[C@@H]1CC. The minimum Gasteiger partial charge on any atom is -0.657 e. The zero-order valence-electron chi connectivity index (χ0n) is 18.8. The average molecular weight is 449 g/mol. The van der Waals surface area contributed by atoms with E-state index < -0.39 is 0 Å². The largest absolute Gasteiger partial charge is 0.657 e. The third-order valence-electron chi connectivity index (χ3n) is 6.86. The zero-order valence-corrected chi connectivity index (χ0v) is 19.6. The second kappa shape index (κ2) is 10.5. The molecular formula is C27H31ClN3O-. The number of rotatable bonds is 7. The van der Waals surface area contributed by atoms with Crippen LogP contribution in [-0.2, 0) is 11.2 Å². The third-order valence-corrected chi connectivity index (χ3v) is 7.23. The smallest absolute Gasteiger partial charge is 0.224 e. The fourth-order valence-corrected chi connectivity index (χ4v) is 5.21. The first-order valence-electron chi connectivity index (χ1n) is 11.6. The van der Waals surface area contributed by atoms with Gasteiger partial charge in [-0.25, -0.2) is 0 Å². The Morgan fingerprint density at radius 2 is 1.84 bits per heavy atom. The normalized spacial score (nSPS) is 21.9. The van der Waals surface area contributed by atoms with Gasteiger partial charge in [-0.1, -0.05) is 87.0 Å². The topological polar surface area (TPSA) is 56.1 Å². The van der Waals surface area contributed by atoms with Gasteiger partial charge in [0.25, 0.3) is 0 Å². The molecule has 32 heavy (non-hydrogen) atoms. The summed E-state index contributed by atoms with van der Waals surface area (Å²) in [6.45, 7) is 5.38. The number of carbonyl (C=O) groups is 1. The molecule has 0 bridgehead atoms. The molecule has 1 fully saturated rings. The fraction of sp³-hybridized carbons (Fsp3) is 0.407. The van der Waals surface area contributed by atoms with Gasteiger partial charge < -0.3 is 10.6 Å². The van der Waals surface area contributed by atoms with Crippen LogP contribution in [0.25, 0.3) is 16.2 Å². The van der Waals surface area contributed by atoms with Gasteiger partial charge in [0, 0.05) is 22.6 Å². The molecule has 2 heterocycles. The molecule has 2 aromatic carbocycles. The highest BCUT2D eigenvalue weighted by molar-refractivity contribution is 6.31. The number of nitrogens with zero attached hydrogens (tertiary/aromatic N) is 2. The molecule has 168 valence electrons. The van der Waals surface area contributed by atoms with Crippen molar-refractivity contribution in [1.29, 1.82) is 0 Å². The highest BCUT2D eigenvalue weighted by Gasteiger charge is 2.28. The molecule has 1 aromatic heterocycles. The van der Waals surface area contributed by atoms with Crippen LogP contribution in [0.5, 0.6) is 0 Å². The van der Waals surface area contributed by atoms with E-state index >= 15 is 0 Å². The molecule has 0 saturated carbocycles. The number of hydrogen-bond acceptors (Lipinski definition) is 2. The Hall–Kier alpha value is -2.43. The van der Waals surface area contributed by atoms with Crippen molar-refractivity contribution in [2.75, 3.05) is 6.54 Å². The number of halogens is 1. The number of pyridine rings is 1. The maximum Gasteiger partial charge on any atom is 0.224 e. The Balaban J connectivity index is 1.65. The van der Waals surface area contributed by atoms with Crippen LogP contribution >= 0.6 is 11.6 Å². The van der Waals surface area contributed by atoms with Crippen molar-refractivity contribution in [3.05, 3.63) is 82.3 Å². The lowest BCUT2D eigenvalue weighted by molar-refractivity contribution is -0.121. The molecule has 1 amide bonds. The second-order valence-electron chi connectivity index (χ2n) is 8.74. The molecule has 4 nitrogen and oxygen atoms in total. The van der Waals surface area contributed by atoms with Gasteiger partial charge in [-0.15, -0.1) is 12.6 Å². The van der Waals surface area contributed by atoms with Gasteiger partial charge in [0.2, 0.25) is 5.91 Å². The maximum absolute atomic E-state index is 13.2. The fourth-order valence-electron chi connectivity index (χ4n) is 5.01. The first-order valence-corrected chi connectivity index (χ1v) is 12.0. The van der Waals surface area contributed by atoms with Crippen LogP contribution in [0.3, 0.4) is 0 Å². The number of fused-ring (bicyclic) bond motifs is 1. The van der Waals surface area contributed by atoms with E-state index in [0.717, 1.165) is 47.8 Å². The summed E-state index contributed by atoms with van der Waals surface area (Å²) in [5.41, 5.74) is 2.86. The van der Waals surface area contributed by atoms with E-state index in [9.17, 15) is 4.79 Å². The predicted molar refractivity (Wildman–Crippen MR) is 132 cm³/mol. The van der Waals surface area contributed by atoms with Crippen molar-refractivity contribution in [2.24, 2.45) is 11.8 Å². The Labute approximate surface area is 195 Å². The molecule has 1 aliphatic heterocycles. The number of benzene rings is 2. The number of amides is 1. The molecular weight excluding hydrogens is 418 g/mol. The van der Waals surface area contributed by atoms with Crippen LogP contribution in [0.4, 0.5) is 0 Å². The summed E-state index contributed by atoms with van der Waals surface area (Å²) in [7, 11) is 0. The summed E-state index contributed by atoms with van der Waals surface area (Å²) in [6.07, 6.45) is 5.36. The first-order chi connectivity index (χ1) is 15.6. The van der Waals surface area contributed by atoms with Crippen LogP contribution in [-0.4, -0.2) is 23.5 Å². The number of para-hydroxylation sites is 1. The molecule has 4 rings (SSSR count). The van der Waals surface area contributed by atoms with E-state index in [2.05, 4.69) is 30.2 Å². The number of piperidine rings is 1. The zero-order chi connectivity index (χ0) is 22.5. The standard InChI is InChI=1S/C27H31ClN3O/c1-3-18-15-25(30-17-19(18)4-2)27(22-13-14-29-24-12-8-6-10-21(22)24)31-26(32)16-20-9-5-7-11-23(20)28/h5-14,18-19,25,27H,3-4,15-17H2,1-2H3,(H,31,32)/q-1/t18-,19-,25+,27+/m0/s1. The van der Waals surface area contributed by atoms with Crippen molar-refractivity contribution in [3.63, 3.8) is 0 Å². The Kier molecular flexibility index (Phi) is 7.44. The van der Waals surface area contributed by atoms with Crippen molar-refractivity contribution in [1.82, 2.24) is 10.3 Å². The van der Waals surface area contributed by atoms with E-state index in [1.807, 2.05) is 54.7 Å². The third kappa shape index (κ3) is 4.97. The minimum absolute atomic E-state index is 0.0372. The van der Waals surface area contributed by atoms with Crippen LogP contribution in [0.1, 0.15) is 50.3 Å². The Morgan fingerprint density at radius 3 is 2.62 bits per heavy atom. The Morgan fingerprint density at radius 1 is 1.09 bits per heavy atom. The summed E-state index contributed by atoms with van der Waals surface area (Å²) < 4.78 is 0. The monoisotopic (exact) mass is 448 g/mol. The lowest BCUT2D eigenvalue weighted by atomic mass is 9.77. The van der Waals surface area contributed by atoms with E-state index in [1.165, 1.54) is 0 Å². The van der Waals surface area contributed by atoms with E-state index in [4.69, 9.17) is 16.9 Å². The van der Waals surface area contributed by atoms with E-state index in [0.29, 0.717) is 16.9 Å². The van der Waals surface area contributed by atoms with Gasteiger partial charge in [0.1, 0.15) is 0 Å². The van der Waals surface area contributed by atoms with E-state index in [-0.39, 0.29) is 24.4 Å².